The van der Waals surface area contributed by atoms with Gasteiger partial charge in [-0.3, -0.25) is 19.2 Å². The number of carboxylic acids is 1. The van der Waals surface area contributed by atoms with Gasteiger partial charge in [0.1, 0.15) is 27.7 Å². The number of hydrogen-bond donors (Lipinski definition) is 5. The van der Waals surface area contributed by atoms with Gasteiger partial charge in [0.25, 0.3) is 0 Å². The Bertz CT molecular complexity index is 2890. The van der Waals surface area contributed by atoms with Gasteiger partial charge in [-0.05, 0) is 111 Å². The van der Waals surface area contributed by atoms with E-state index in [1.807, 2.05) is 70.8 Å². The van der Waals surface area contributed by atoms with Crippen LogP contribution in [-0.4, -0.2) is 126 Å². The number of nitrogens with one attached hydrogen (secondary N) is 3. The highest BCUT2D eigenvalue weighted by molar-refractivity contribution is 7.10. The highest BCUT2D eigenvalue weighted by Crippen LogP contribution is 2.40. The number of benzene rings is 4. The average Bonchev–Trinajstić information content (AvgIpc) is 4.31. The molecule has 0 aliphatic carbocycles. The summed E-state index contributed by atoms with van der Waals surface area (Å²) in [6.45, 7) is 9.38. The van der Waals surface area contributed by atoms with Crippen LogP contribution in [0.2, 0.25) is 0 Å². The molecule has 6 N–H and O–H groups in total. The summed E-state index contributed by atoms with van der Waals surface area (Å²) in [6, 6.07) is 20.2. The van der Waals surface area contributed by atoms with Crippen LogP contribution in [0.5, 0.6) is 0 Å². The van der Waals surface area contributed by atoms with Gasteiger partial charge in [-0.1, -0.05) is 62.4 Å². The summed E-state index contributed by atoms with van der Waals surface area (Å²) in [5.74, 6) is -1.24. The second kappa shape index (κ2) is 26.8. The van der Waals surface area contributed by atoms with Crippen molar-refractivity contribution >= 4 is 67.9 Å². The zero-order valence-corrected chi connectivity index (χ0v) is 44.2. The van der Waals surface area contributed by atoms with Crippen LogP contribution in [0.4, 0.5) is 8.78 Å². The first kappa shape index (κ1) is 55.4. The standard InChI is InChI=1S/C28H33FN4O3S.C24H26FN3O2S.C4H9NO2/c1-2-30-16-25(34)32-26(18-11-14-36-15-12-18)28(35)33-13-5-8-24(33)27-31-23(17-37-27)21-9-10-22(29)20-7-4-3-6-19(20)21;25-19-8-7-18(16-4-1-2-5-17(16)19)20-14-31-23(27-20)21-6-3-11-28(21)24(29)22(26)15-9-12-30-13-10-15;1-2-5-3-4(6)7/h3-4,6-7,9-10,17-18,24,26,30H,2,5,8,11-16H2,1H3,(H,32,34);1-2,4-5,7-8,14-15,21-22H,3,6,9-13,26H2;5H,2-3H2,1H3,(H,6,7)/t24-,26-;21-,22-;/m00./s1. The Hall–Kier alpha value is -5.80. The smallest absolute Gasteiger partial charge is 0.317 e. The monoisotopic (exact) mass is 1070 g/mol. The Morgan fingerprint density at radius 3 is 1.57 bits per heavy atom. The molecule has 0 radical (unpaired) electrons. The summed E-state index contributed by atoms with van der Waals surface area (Å²) in [5, 5.41) is 25.3. The van der Waals surface area contributed by atoms with Gasteiger partial charge in [0, 0.05) is 72.2 Å². The summed E-state index contributed by atoms with van der Waals surface area (Å²) >= 11 is 3.10. The maximum absolute atomic E-state index is 14.4. The molecule has 4 aromatic carbocycles. The number of carbonyl (C=O) groups excluding carboxylic acids is 3. The molecule has 75 heavy (non-hydrogen) atoms. The van der Waals surface area contributed by atoms with E-state index in [-0.39, 0.29) is 66.4 Å². The van der Waals surface area contributed by atoms with Crippen molar-refractivity contribution in [1.29, 1.82) is 0 Å². The predicted molar refractivity (Wildman–Crippen MR) is 289 cm³/mol. The minimum Gasteiger partial charge on any atom is -0.480 e. The molecule has 4 aliphatic heterocycles. The summed E-state index contributed by atoms with van der Waals surface area (Å²) < 4.78 is 39.5. The molecular formula is C56H68F2N8O7S2. The van der Waals surface area contributed by atoms with E-state index in [9.17, 15) is 28.0 Å². The Kier molecular flexibility index (Phi) is 19.8. The van der Waals surface area contributed by atoms with E-state index in [0.717, 1.165) is 101 Å². The van der Waals surface area contributed by atoms with E-state index in [2.05, 4.69) is 16.0 Å². The van der Waals surface area contributed by atoms with Gasteiger partial charge in [-0.2, -0.15) is 0 Å². The average molecular weight is 1070 g/mol. The first-order valence-electron chi connectivity index (χ1n) is 26.2. The van der Waals surface area contributed by atoms with Gasteiger partial charge < -0.3 is 46.1 Å². The number of likely N-dealkylation sites (N-methyl/N-ethyl adjacent to an activating group) is 2. The summed E-state index contributed by atoms with van der Waals surface area (Å²) in [5.41, 5.74) is 9.79. The molecule has 19 heteroatoms. The molecule has 2 aromatic heterocycles. The van der Waals surface area contributed by atoms with Gasteiger partial charge in [-0.25, -0.2) is 18.7 Å². The second-order valence-electron chi connectivity index (χ2n) is 19.2. The number of nitrogens with zero attached hydrogens (tertiary/aromatic N) is 4. The Labute approximate surface area is 444 Å². The van der Waals surface area contributed by atoms with Gasteiger partial charge in [-0.15, -0.1) is 22.7 Å². The van der Waals surface area contributed by atoms with E-state index in [1.165, 1.54) is 23.5 Å². The molecule has 0 unspecified atom stereocenters. The number of aliphatic carboxylic acids is 1. The fourth-order valence-corrected chi connectivity index (χ4v) is 12.4. The maximum Gasteiger partial charge on any atom is 0.317 e. The number of aromatic nitrogens is 2. The number of carboxylic acid groups (broad SMARTS) is 1. The van der Waals surface area contributed by atoms with Crippen LogP contribution in [0.15, 0.2) is 83.6 Å². The number of carbonyl (C=O) groups is 4. The zero-order chi connectivity index (χ0) is 52.8. The minimum atomic E-state index is -0.804. The highest BCUT2D eigenvalue weighted by Gasteiger charge is 2.41. The lowest BCUT2D eigenvalue weighted by molar-refractivity contribution is -0.139. The number of halogens is 2. The normalized spacial score (nSPS) is 19.0. The van der Waals surface area contributed by atoms with Crippen LogP contribution in [0.3, 0.4) is 0 Å². The van der Waals surface area contributed by atoms with Crippen molar-refractivity contribution in [1.82, 2.24) is 35.7 Å². The third kappa shape index (κ3) is 13.6. The topological polar surface area (TPSA) is 201 Å². The zero-order valence-electron chi connectivity index (χ0n) is 42.6. The molecule has 4 atom stereocenters. The fourth-order valence-electron chi connectivity index (χ4n) is 10.4. The molecular weight excluding hydrogens is 999 g/mol. The molecule has 15 nitrogen and oxygen atoms in total. The maximum atomic E-state index is 14.4. The van der Waals surface area contributed by atoms with E-state index >= 15 is 0 Å². The number of fused-ring (bicyclic) bond motifs is 2. The number of ether oxygens (including phenoxy) is 2. The van der Waals surface area contributed by atoms with Crippen LogP contribution in [-0.2, 0) is 28.7 Å². The highest BCUT2D eigenvalue weighted by atomic mass is 32.1. The van der Waals surface area contributed by atoms with Crippen molar-refractivity contribution in [3.05, 3.63) is 105 Å². The summed E-state index contributed by atoms with van der Waals surface area (Å²) in [4.78, 5) is 63.1. The van der Waals surface area contributed by atoms with Crippen LogP contribution >= 0.6 is 22.7 Å². The van der Waals surface area contributed by atoms with E-state index in [0.29, 0.717) is 56.8 Å². The van der Waals surface area contributed by atoms with E-state index < -0.39 is 18.1 Å². The third-order valence-electron chi connectivity index (χ3n) is 14.4. The minimum absolute atomic E-state index is 0.0263. The number of likely N-dealkylation sites (tertiary alicyclic amines) is 2. The van der Waals surface area contributed by atoms with Crippen molar-refractivity contribution < 1.29 is 42.5 Å². The third-order valence-corrected chi connectivity index (χ3v) is 16.3. The molecule has 6 aromatic rings. The quantitative estimate of drug-likeness (QED) is 0.0658. The molecule has 0 bridgehead atoms. The number of rotatable bonds is 15. The lowest BCUT2D eigenvalue weighted by Crippen LogP contribution is -2.54. The first-order valence-corrected chi connectivity index (χ1v) is 27.9. The number of thiazole rings is 2. The SMILES string of the molecule is CCNCC(=O)N[C@H](C(=O)N1CCC[C@H]1c1nc(-c2ccc(F)c3ccccc23)cs1)C1CCOCC1.CCNCC(=O)O.N[C@H](C(=O)N1CCC[C@H]1c1nc(-c2ccc(F)c3ccccc23)cs1)C1CCOCC1. The lowest BCUT2D eigenvalue weighted by Gasteiger charge is -2.34. The fraction of sp³-hybridized carbons (Fsp3) is 0.464. The largest absolute Gasteiger partial charge is 0.480 e. The Morgan fingerprint density at radius 1 is 0.653 bits per heavy atom. The Balaban J connectivity index is 0.000000179. The number of nitrogens with two attached hydrogens (primary N) is 1. The van der Waals surface area contributed by atoms with Crippen LogP contribution in [0.1, 0.15) is 87.3 Å². The van der Waals surface area contributed by atoms with Crippen molar-refractivity contribution in [2.45, 2.75) is 89.4 Å². The summed E-state index contributed by atoms with van der Waals surface area (Å²) in [6.07, 6.45) is 6.72. The molecule has 3 amide bonds. The van der Waals surface area contributed by atoms with Crippen LogP contribution < -0.4 is 21.7 Å². The van der Waals surface area contributed by atoms with Gasteiger partial charge in [0.05, 0.1) is 42.6 Å². The van der Waals surface area contributed by atoms with Crippen molar-refractivity contribution in [3.8, 4) is 22.5 Å². The van der Waals surface area contributed by atoms with Crippen LogP contribution in [0.25, 0.3) is 44.1 Å². The lowest BCUT2D eigenvalue weighted by atomic mass is 9.90. The molecule has 4 fully saturated rings. The number of hydrogen-bond acceptors (Lipinski definition) is 13. The van der Waals surface area contributed by atoms with Gasteiger partial charge >= 0.3 is 5.97 Å². The second-order valence-corrected chi connectivity index (χ2v) is 21.0. The molecule has 4 aliphatic rings. The molecule has 400 valence electrons. The van der Waals surface area contributed by atoms with E-state index in [1.54, 1.807) is 35.6 Å². The van der Waals surface area contributed by atoms with Crippen molar-refractivity contribution in [2.75, 3.05) is 65.7 Å². The molecule has 10 rings (SSSR count). The Morgan fingerprint density at radius 2 is 1.11 bits per heavy atom. The molecule has 4 saturated heterocycles. The number of amides is 3. The predicted octanol–water partition coefficient (Wildman–Crippen LogP) is 8.49. The molecule has 6 heterocycles. The van der Waals surface area contributed by atoms with Crippen molar-refractivity contribution in [2.24, 2.45) is 17.6 Å². The van der Waals surface area contributed by atoms with Crippen LogP contribution in [0, 0.1) is 23.5 Å². The molecule has 0 saturated carbocycles. The molecule has 0 spiro atoms. The van der Waals surface area contributed by atoms with E-state index in [4.69, 9.17) is 30.3 Å². The van der Waals surface area contributed by atoms with Gasteiger partial charge in [0.15, 0.2) is 0 Å². The first-order chi connectivity index (χ1) is 36.5. The van der Waals surface area contributed by atoms with Gasteiger partial charge in [0.2, 0.25) is 17.7 Å². The van der Waals surface area contributed by atoms with Crippen molar-refractivity contribution in [3.63, 3.8) is 0 Å². The summed E-state index contributed by atoms with van der Waals surface area (Å²) in [7, 11) is 0.